The van der Waals surface area contributed by atoms with Gasteiger partial charge in [0.25, 0.3) is 0 Å². The van der Waals surface area contributed by atoms with Gasteiger partial charge in [0.1, 0.15) is 0 Å². The highest BCUT2D eigenvalue weighted by molar-refractivity contribution is 7.59. The fourth-order valence-electron chi connectivity index (χ4n) is 1.33. The van der Waals surface area contributed by atoms with Crippen LogP contribution in [0.1, 0.15) is 27.7 Å². The minimum atomic E-state index is -2.74. The average Bonchev–Trinajstić information content (AvgIpc) is 2.27. The first kappa shape index (κ1) is 20.0. The molecule has 0 radical (unpaired) electrons. The molecule has 0 aliphatic carbocycles. The Morgan fingerprint density at radius 1 is 1.11 bits per heavy atom. The second-order valence-corrected chi connectivity index (χ2v) is 6.02. The SMILES string of the molecule is CCO[Si](CC=C(C)C(=O)O)(OCC)OCC.S. The number of hydrogen-bond donors (Lipinski definition) is 1. The van der Waals surface area contributed by atoms with Crippen LogP contribution in [0.25, 0.3) is 0 Å². The van der Waals surface area contributed by atoms with E-state index in [1.807, 2.05) is 20.8 Å². The average molecular weight is 296 g/mol. The zero-order valence-corrected chi connectivity index (χ0v) is 13.5. The predicted octanol–water partition coefficient (Wildman–Crippen LogP) is 2.18. The van der Waals surface area contributed by atoms with Gasteiger partial charge in [0.15, 0.2) is 0 Å². The molecule has 0 fully saturated rings. The van der Waals surface area contributed by atoms with Crippen LogP contribution in [0.15, 0.2) is 11.6 Å². The molecule has 0 spiro atoms. The number of carboxylic acids is 1. The molecule has 0 heterocycles. The van der Waals surface area contributed by atoms with Crippen LogP contribution in [0.3, 0.4) is 0 Å². The summed E-state index contributed by atoms with van der Waals surface area (Å²) in [5.41, 5.74) is 0.279. The van der Waals surface area contributed by atoms with Crippen molar-refractivity contribution in [3.63, 3.8) is 0 Å². The topological polar surface area (TPSA) is 65.0 Å². The Kier molecular flexibility index (Phi) is 11.7. The van der Waals surface area contributed by atoms with Gasteiger partial charge in [-0.3, -0.25) is 0 Å². The molecule has 0 unspecified atom stereocenters. The maximum Gasteiger partial charge on any atom is 0.504 e. The second-order valence-electron chi connectivity index (χ2n) is 3.38. The molecule has 108 valence electrons. The highest BCUT2D eigenvalue weighted by Gasteiger charge is 2.39. The molecule has 0 saturated carbocycles. The molecular weight excluding hydrogens is 272 g/mol. The van der Waals surface area contributed by atoms with Gasteiger partial charge in [-0.05, 0) is 27.7 Å². The third-order valence-corrected chi connectivity index (χ3v) is 4.98. The zero-order chi connectivity index (χ0) is 13.3. The summed E-state index contributed by atoms with van der Waals surface area (Å²) in [6, 6.07) is 0.390. The van der Waals surface area contributed by atoms with Crippen molar-refractivity contribution < 1.29 is 23.2 Å². The van der Waals surface area contributed by atoms with Gasteiger partial charge in [0.05, 0.1) is 0 Å². The van der Waals surface area contributed by atoms with E-state index in [1.165, 1.54) is 0 Å². The van der Waals surface area contributed by atoms with Crippen LogP contribution in [-0.2, 0) is 18.1 Å². The number of rotatable bonds is 9. The molecule has 7 heteroatoms. The Morgan fingerprint density at radius 2 is 1.50 bits per heavy atom. The predicted molar refractivity (Wildman–Crippen MR) is 77.2 cm³/mol. The minimum absolute atomic E-state index is 0. The lowest BCUT2D eigenvalue weighted by atomic mass is 10.3. The van der Waals surface area contributed by atoms with E-state index in [1.54, 1.807) is 13.0 Å². The van der Waals surface area contributed by atoms with Crippen molar-refractivity contribution in [3.05, 3.63) is 11.6 Å². The summed E-state index contributed by atoms with van der Waals surface area (Å²) in [6.45, 7) is 8.63. The molecule has 0 aromatic rings. The van der Waals surface area contributed by atoms with Crippen molar-refractivity contribution in [2.45, 2.75) is 33.7 Å². The summed E-state index contributed by atoms with van der Waals surface area (Å²) >= 11 is 0. The summed E-state index contributed by atoms with van der Waals surface area (Å²) < 4.78 is 16.8. The third-order valence-electron chi connectivity index (χ3n) is 2.09. The highest BCUT2D eigenvalue weighted by atomic mass is 32.1. The largest absolute Gasteiger partial charge is 0.504 e. The number of allylic oxidation sites excluding steroid dienone is 1. The fourth-order valence-corrected chi connectivity index (χ4v) is 3.81. The fraction of sp³-hybridized carbons (Fsp3) is 0.727. The molecule has 18 heavy (non-hydrogen) atoms. The van der Waals surface area contributed by atoms with E-state index in [0.29, 0.717) is 25.9 Å². The van der Waals surface area contributed by atoms with E-state index >= 15 is 0 Å². The molecule has 0 amide bonds. The summed E-state index contributed by atoms with van der Waals surface area (Å²) in [5, 5.41) is 8.79. The molecule has 0 rings (SSSR count). The standard InChI is InChI=1S/C11H22O5Si.H2S/c1-5-14-17(15-6-2,16-7-3)9-8-10(4)11(12)13;/h8H,5-7,9H2,1-4H3,(H,12,13);1H2. The van der Waals surface area contributed by atoms with E-state index in [2.05, 4.69) is 0 Å². The Hall–Kier alpha value is -0.343. The molecule has 0 atom stereocenters. The molecule has 0 aliphatic rings. The molecular formula is C11H24O5SSi. The van der Waals surface area contributed by atoms with E-state index in [4.69, 9.17) is 18.4 Å². The maximum absolute atomic E-state index is 10.7. The van der Waals surface area contributed by atoms with Gasteiger partial charge >= 0.3 is 14.8 Å². The number of hydrogen-bond acceptors (Lipinski definition) is 4. The van der Waals surface area contributed by atoms with Gasteiger partial charge in [-0.1, -0.05) is 6.08 Å². The van der Waals surface area contributed by atoms with Crippen molar-refractivity contribution in [2.75, 3.05) is 19.8 Å². The lowest BCUT2D eigenvalue weighted by Crippen LogP contribution is -2.45. The third kappa shape index (κ3) is 7.17. The summed E-state index contributed by atoms with van der Waals surface area (Å²) in [5.74, 6) is -0.933. The summed E-state index contributed by atoms with van der Waals surface area (Å²) in [6.07, 6.45) is 1.61. The van der Waals surface area contributed by atoms with E-state index in [0.717, 1.165) is 0 Å². The first-order chi connectivity index (χ1) is 8.01. The minimum Gasteiger partial charge on any atom is -0.478 e. The number of carbonyl (C=O) groups is 1. The molecule has 0 aliphatic heterocycles. The molecule has 0 saturated heterocycles. The Morgan fingerprint density at radius 3 is 1.78 bits per heavy atom. The van der Waals surface area contributed by atoms with Crippen LogP contribution in [0.2, 0.25) is 6.04 Å². The Bertz CT molecular complexity index is 253. The monoisotopic (exact) mass is 296 g/mol. The lowest BCUT2D eigenvalue weighted by molar-refractivity contribution is -0.132. The van der Waals surface area contributed by atoms with Crippen molar-refractivity contribution in [1.29, 1.82) is 0 Å². The first-order valence-electron chi connectivity index (χ1n) is 5.83. The molecule has 0 bridgehead atoms. The molecule has 0 aromatic heterocycles. The van der Waals surface area contributed by atoms with Crippen LogP contribution in [0.5, 0.6) is 0 Å². The number of aliphatic carboxylic acids is 1. The van der Waals surface area contributed by atoms with Crippen molar-refractivity contribution in [3.8, 4) is 0 Å². The van der Waals surface area contributed by atoms with Gasteiger partial charge in [-0.15, -0.1) is 0 Å². The van der Waals surface area contributed by atoms with E-state index < -0.39 is 14.8 Å². The van der Waals surface area contributed by atoms with E-state index in [-0.39, 0.29) is 19.1 Å². The van der Waals surface area contributed by atoms with Crippen molar-refractivity contribution in [2.24, 2.45) is 0 Å². The van der Waals surface area contributed by atoms with Gasteiger partial charge in [-0.2, -0.15) is 13.5 Å². The highest BCUT2D eigenvalue weighted by Crippen LogP contribution is 2.17. The van der Waals surface area contributed by atoms with Gasteiger partial charge in [-0.25, -0.2) is 4.79 Å². The van der Waals surface area contributed by atoms with Crippen molar-refractivity contribution in [1.82, 2.24) is 0 Å². The van der Waals surface area contributed by atoms with Gasteiger partial charge < -0.3 is 18.4 Å². The normalized spacial score (nSPS) is 12.1. The Balaban J connectivity index is 0. The van der Waals surface area contributed by atoms with Crippen LogP contribution in [0.4, 0.5) is 0 Å². The van der Waals surface area contributed by atoms with Crippen LogP contribution in [0, 0.1) is 0 Å². The zero-order valence-electron chi connectivity index (χ0n) is 11.5. The first-order valence-corrected chi connectivity index (χ1v) is 7.76. The van der Waals surface area contributed by atoms with Crippen LogP contribution >= 0.6 is 13.5 Å². The number of carboxylic acid groups (broad SMARTS) is 1. The quantitative estimate of drug-likeness (QED) is 0.522. The van der Waals surface area contributed by atoms with Crippen LogP contribution < -0.4 is 0 Å². The maximum atomic E-state index is 10.7. The van der Waals surface area contributed by atoms with Crippen LogP contribution in [-0.4, -0.2) is 39.7 Å². The molecule has 1 N–H and O–H groups in total. The van der Waals surface area contributed by atoms with Gasteiger partial charge in [0, 0.05) is 31.4 Å². The van der Waals surface area contributed by atoms with Gasteiger partial charge in [0.2, 0.25) is 0 Å². The summed E-state index contributed by atoms with van der Waals surface area (Å²) in [4.78, 5) is 10.7. The lowest BCUT2D eigenvalue weighted by Gasteiger charge is -2.27. The van der Waals surface area contributed by atoms with E-state index in [9.17, 15) is 4.79 Å². The summed E-state index contributed by atoms with van der Waals surface area (Å²) in [7, 11) is -2.74. The smallest absolute Gasteiger partial charge is 0.478 e. The Labute approximate surface area is 117 Å². The van der Waals surface area contributed by atoms with Crippen molar-refractivity contribution >= 4 is 28.3 Å². The second kappa shape index (κ2) is 10.6. The molecule has 0 aromatic carbocycles. The molecule has 5 nitrogen and oxygen atoms in total.